The first kappa shape index (κ1) is 17.0. The Morgan fingerprint density at radius 3 is 2.68 bits per heavy atom. The van der Waals surface area contributed by atoms with Crippen LogP contribution >= 0.6 is 0 Å². The molecule has 1 amide bonds. The fourth-order valence-corrected chi connectivity index (χ4v) is 3.03. The molecular formula is C18H28N2O2. The molecule has 1 aromatic carbocycles. The van der Waals surface area contributed by atoms with Crippen LogP contribution in [0.3, 0.4) is 0 Å². The molecule has 1 aliphatic rings. The lowest BCUT2D eigenvalue weighted by Gasteiger charge is -2.32. The summed E-state index contributed by atoms with van der Waals surface area (Å²) < 4.78 is 5.06. The van der Waals surface area contributed by atoms with Gasteiger partial charge in [-0.1, -0.05) is 24.3 Å². The molecule has 122 valence electrons. The number of amides is 1. The van der Waals surface area contributed by atoms with Gasteiger partial charge in [-0.05, 0) is 50.9 Å². The van der Waals surface area contributed by atoms with Gasteiger partial charge in [-0.2, -0.15) is 0 Å². The van der Waals surface area contributed by atoms with E-state index in [0.717, 1.165) is 32.5 Å². The van der Waals surface area contributed by atoms with Crippen LogP contribution in [0.2, 0.25) is 0 Å². The molecule has 0 spiro atoms. The van der Waals surface area contributed by atoms with Crippen molar-refractivity contribution < 1.29 is 9.53 Å². The van der Waals surface area contributed by atoms with Crippen molar-refractivity contribution in [1.29, 1.82) is 0 Å². The Kier molecular flexibility index (Phi) is 6.40. The van der Waals surface area contributed by atoms with Gasteiger partial charge in [-0.15, -0.1) is 0 Å². The van der Waals surface area contributed by atoms with Gasteiger partial charge in [0.25, 0.3) is 0 Å². The van der Waals surface area contributed by atoms with E-state index in [4.69, 9.17) is 4.74 Å². The van der Waals surface area contributed by atoms with E-state index in [1.165, 1.54) is 11.1 Å². The third-order valence-corrected chi connectivity index (χ3v) is 4.42. The molecule has 0 aromatic heterocycles. The number of hydrogen-bond acceptors (Lipinski definition) is 3. The average Bonchev–Trinajstić information content (AvgIpc) is 2.50. The molecule has 0 unspecified atom stereocenters. The summed E-state index contributed by atoms with van der Waals surface area (Å²) in [5.74, 6) is 0.326. The standard InChI is InChI=1S/C18H28N2O2/c1-14-6-4-5-7-17(14)12-20-10-8-16(9-11-20)18(21)19-15(2)13-22-3/h4-7,15-16H,8-13H2,1-3H3,(H,19,21)/t15-/m1/s1. The van der Waals surface area contributed by atoms with Gasteiger partial charge in [0.2, 0.25) is 5.91 Å². The fraction of sp³-hybridized carbons (Fsp3) is 0.611. The van der Waals surface area contributed by atoms with Crippen LogP contribution in [0.1, 0.15) is 30.9 Å². The van der Waals surface area contributed by atoms with E-state index < -0.39 is 0 Å². The Morgan fingerprint density at radius 2 is 2.05 bits per heavy atom. The number of nitrogens with zero attached hydrogens (tertiary/aromatic N) is 1. The Bertz CT molecular complexity index is 482. The monoisotopic (exact) mass is 304 g/mol. The topological polar surface area (TPSA) is 41.6 Å². The summed E-state index contributed by atoms with van der Waals surface area (Å²) in [4.78, 5) is 14.7. The Hall–Kier alpha value is -1.39. The highest BCUT2D eigenvalue weighted by Crippen LogP contribution is 2.20. The van der Waals surface area contributed by atoms with Crippen LogP contribution in [-0.2, 0) is 16.1 Å². The first-order valence-electron chi connectivity index (χ1n) is 8.16. The first-order valence-corrected chi connectivity index (χ1v) is 8.16. The van der Waals surface area contributed by atoms with Crippen molar-refractivity contribution in [2.45, 2.75) is 39.3 Å². The molecule has 4 nitrogen and oxygen atoms in total. The molecule has 1 saturated heterocycles. The number of benzene rings is 1. The van der Waals surface area contributed by atoms with Crippen LogP contribution in [0.4, 0.5) is 0 Å². The second-order valence-electron chi connectivity index (χ2n) is 6.34. The van der Waals surface area contributed by atoms with E-state index in [0.29, 0.717) is 6.61 Å². The lowest BCUT2D eigenvalue weighted by atomic mass is 9.95. The third kappa shape index (κ3) is 4.82. The molecule has 1 atom stereocenters. The molecule has 4 heteroatoms. The second-order valence-corrected chi connectivity index (χ2v) is 6.34. The number of piperidine rings is 1. The summed E-state index contributed by atoms with van der Waals surface area (Å²) in [6.07, 6.45) is 1.88. The van der Waals surface area contributed by atoms with Crippen molar-refractivity contribution in [3.63, 3.8) is 0 Å². The van der Waals surface area contributed by atoms with Crippen molar-refractivity contribution in [3.05, 3.63) is 35.4 Å². The number of rotatable bonds is 6. The van der Waals surface area contributed by atoms with E-state index in [1.54, 1.807) is 7.11 Å². The number of carbonyl (C=O) groups is 1. The number of likely N-dealkylation sites (tertiary alicyclic amines) is 1. The van der Waals surface area contributed by atoms with Gasteiger partial charge in [0.15, 0.2) is 0 Å². The number of hydrogen-bond donors (Lipinski definition) is 1. The van der Waals surface area contributed by atoms with E-state index in [-0.39, 0.29) is 17.9 Å². The van der Waals surface area contributed by atoms with Crippen LogP contribution in [0.5, 0.6) is 0 Å². The lowest BCUT2D eigenvalue weighted by Crippen LogP contribution is -2.44. The molecule has 0 radical (unpaired) electrons. The van der Waals surface area contributed by atoms with E-state index in [1.807, 2.05) is 6.92 Å². The van der Waals surface area contributed by atoms with Crippen molar-refractivity contribution in [2.75, 3.05) is 26.8 Å². The highest BCUT2D eigenvalue weighted by Gasteiger charge is 2.25. The summed E-state index contributed by atoms with van der Waals surface area (Å²) in [5, 5.41) is 3.04. The van der Waals surface area contributed by atoms with Gasteiger partial charge in [-0.25, -0.2) is 0 Å². The average molecular weight is 304 g/mol. The van der Waals surface area contributed by atoms with Crippen molar-refractivity contribution in [3.8, 4) is 0 Å². The second kappa shape index (κ2) is 8.30. The summed E-state index contributed by atoms with van der Waals surface area (Å²) in [5.41, 5.74) is 2.73. The van der Waals surface area contributed by atoms with Crippen molar-refractivity contribution in [1.82, 2.24) is 10.2 Å². The van der Waals surface area contributed by atoms with Gasteiger partial charge in [-0.3, -0.25) is 9.69 Å². The highest BCUT2D eigenvalue weighted by atomic mass is 16.5. The summed E-state index contributed by atoms with van der Waals surface area (Å²) in [6, 6.07) is 8.62. The van der Waals surface area contributed by atoms with Crippen LogP contribution in [0, 0.1) is 12.8 Å². The van der Waals surface area contributed by atoms with E-state index in [2.05, 4.69) is 41.4 Å². The minimum atomic E-state index is 0.0856. The van der Waals surface area contributed by atoms with Crippen molar-refractivity contribution >= 4 is 5.91 Å². The first-order chi connectivity index (χ1) is 10.6. The molecule has 2 rings (SSSR count). The summed E-state index contributed by atoms with van der Waals surface area (Å²) >= 11 is 0. The zero-order valence-corrected chi connectivity index (χ0v) is 14.0. The Balaban J connectivity index is 1.78. The van der Waals surface area contributed by atoms with Crippen LogP contribution in [0.15, 0.2) is 24.3 Å². The van der Waals surface area contributed by atoms with Gasteiger partial charge in [0, 0.05) is 25.6 Å². The van der Waals surface area contributed by atoms with Crippen molar-refractivity contribution in [2.24, 2.45) is 5.92 Å². The Morgan fingerprint density at radius 1 is 1.36 bits per heavy atom. The zero-order chi connectivity index (χ0) is 15.9. The summed E-state index contributed by atoms with van der Waals surface area (Å²) in [6.45, 7) is 7.68. The summed E-state index contributed by atoms with van der Waals surface area (Å²) in [7, 11) is 1.66. The minimum Gasteiger partial charge on any atom is -0.383 e. The van der Waals surface area contributed by atoms with Crippen LogP contribution in [0.25, 0.3) is 0 Å². The molecular weight excluding hydrogens is 276 g/mol. The maximum absolute atomic E-state index is 12.2. The molecule has 22 heavy (non-hydrogen) atoms. The van der Waals surface area contributed by atoms with Crippen LogP contribution < -0.4 is 5.32 Å². The molecule has 1 fully saturated rings. The maximum atomic E-state index is 12.2. The number of carbonyl (C=O) groups excluding carboxylic acids is 1. The van der Waals surface area contributed by atoms with E-state index in [9.17, 15) is 4.79 Å². The normalized spacial score (nSPS) is 18.1. The predicted octanol–water partition coefficient (Wildman–Crippen LogP) is 2.36. The van der Waals surface area contributed by atoms with Gasteiger partial charge in [0.05, 0.1) is 6.61 Å². The Labute approximate surface area is 133 Å². The van der Waals surface area contributed by atoms with E-state index >= 15 is 0 Å². The molecule has 1 aliphatic heterocycles. The molecule has 0 aliphatic carbocycles. The number of nitrogens with one attached hydrogen (secondary N) is 1. The fourth-order valence-electron chi connectivity index (χ4n) is 3.03. The zero-order valence-electron chi connectivity index (χ0n) is 14.0. The third-order valence-electron chi connectivity index (χ3n) is 4.42. The van der Waals surface area contributed by atoms with Gasteiger partial charge in [0.1, 0.15) is 0 Å². The molecule has 1 aromatic rings. The number of aryl methyl sites for hydroxylation is 1. The molecule has 0 saturated carbocycles. The van der Waals surface area contributed by atoms with Crippen LogP contribution in [-0.4, -0.2) is 43.7 Å². The number of methoxy groups -OCH3 is 1. The van der Waals surface area contributed by atoms with Gasteiger partial charge >= 0.3 is 0 Å². The molecule has 1 heterocycles. The maximum Gasteiger partial charge on any atom is 0.223 e. The van der Waals surface area contributed by atoms with Gasteiger partial charge < -0.3 is 10.1 Å². The highest BCUT2D eigenvalue weighted by molar-refractivity contribution is 5.79. The lowest BCUT2D eigenvalue weighted by molar-refractivity contribution is -0.127. The predicted molar refractivity (Wildman–Crippen MR) is 88.7 cm³/mol. The SMILES string of the molecule is COC[C@@H](C)NC(=O)C1CCN(Cc2ccccc2C)CC1. The molecule has 0 bridgehead atoms. The number of ether oxygens (including phenoxy) is 1. The largest absolute Gasteiger partial charge is 0.383 e. The smallest absolute Gasteiger partial charge is 0.223 e. The quantitative estimate of drug-likeness (QED) is 0.877. The molecule has 1 N–H and O–H groups in total. The minimum absolute atomic E-state index is 0.0856.